The van der Waals surface area contributed by atoms with E-state index in [2.05, 4.69) is 0 Å². The summed E-state index contributed by atoms with van der Waals surface area (Å²) < 4.78 is 5.04. The molecule has 3 nitrogen and oxygen atoms in total. The molecule has 0 radical (unpaired) electrons. The zero-order chi connectivity index (χ0) is 8.97. The minimum absolute atomic E-state index is 0.00949. The monoisotopic (exact) mass is 188 g/mol. The van der Waals surface area contributed by atoms with E-state index in [1.54, 1.807) is 0 Å². The molecule has 68 valence electrons. The van der Waals surface area contributed by atoms with E-state index < -0.39 is 0 Å². The number of hydrogen-bond acceptors (Lipinski definition) is 4. The average molecular weight is 188 g/mol. The van der Waals surface area contributed by atoms with E-state index in [-0.39, 0.29) is 22.8 Å². The van der Waals surface area contributed by atoms with Gasteiger partial charge in [0.2, 0.25) is 0 Å². The summed E-state index contributed by atoms with van der Waals surface area (Å²) in [6.45, 7) is 2.30. The first-order valence-corrected chi connectivity index (χ1v) is 4.86. The van der Waals surface area contributed by atoms with E-state index in [0.717, 1.165) is 24.6 Å². The predicted molar refractivity (Wildman–Crippen MR) is 47.1 cm³/mol. The van der Waals surface area contributed by atoms with Crippen LogP contribution in [0, 0.1) is 0 Å². The molecule has 1 saturated heterocycles. The van der Waals surface area contributed by atoms with Gasteiger partial charge in [-0.1, -0.05) is 11.8 Å². The van der Waals surface area contributed by atoms with Crippen LogP contribution in [-0.4, -0.2) is 29.4 Å². The van der Waals surface area contributed by atoms with Crippen LogP contribution in [0.4, 0.5) is 0 Å². The zero-order valence-electron chi connectivity index (χ0n) is 7.04. The number of ketones is 1. The normalized spacial score (nSPS) is 25.1. The Kier molecular flexibility index (Phi) is 3.75. The molecule has 0 aliphatic carbocycles. The lowest BCUT2D eigenvalue weighted by atomic mass is 10.2. The van der Waals surface area contributed by atoms with Crippen molar-refractivity contribution in [3.8, 4) is 0 Å². The molecule has 0 amide bonds. The molecule has 1 aliphatic rings. The Morgan fingerprint density at radius 1 is 1.67 bits per heavy atom. The van der Waals surface area contributed by atoms with Crippen LogP contribution in [0.5, 0.6) is 0 Å². The molecule has 0 saturated carbocycles. The summed E-state index contributed by atoms with van der Waals surface area (Å²) in [6, 6.07) is 0. The minimum atomic E-state index is -0.162. The quantitative estimate of drug-likeness (QED) is 0.616. The van der Waals surface area contributed by atoms with Gasteiger partial charge in [-0.15, -0.1) is 0 Å². The van der Waals surface area contributed by atoms with Gasteiger partial charge in [0, 0.05) is 13.5 Å². The predicted octanol–water partition coefficient (Wildman–Crippen LogP) is 1.01. The van der Waals surface area contributed by atoms with Crippen LogP contribution in [-0.2, 0) is 14.3 Å². The van der Waals surface area contributed by atoms with E-state index in [9.17, 15) is 9.59 Å². The van der Waals surface area contributed by atoms with Gasteiger partial charge in [0.1, 0.15) is 6.61 Å². The molecule has 0 aromatic rings. The fourth-order valence-corrected chi connectivity index (χ4v) is 2.01. The third kappa shape index (κ3) is 2.95. The first kappa shape index (κ1) is 9.74. The summed E-state index contributed by atoms with van der Waals surface area (Å²) >= 11 is 1.13. The summed E-state index contributed by atoms with van der Waals surface area (Å²) in [5.74, 6) is 0.0488. The highest BCUT2D eigenvalue weighted by molar-refractivity contribution is 8.14. The molecule has 1 heterocycles. The molecule has 0 N–H and O–H groups in total. The number of carbonyl (C=O) groups excluding carboxylic acids is 2. The maximum Gasteiger partial charge on any atom is 0.186 e. The second-order valence-corrected chi connectivity index (χ2v) is 4.14. The van der Waals surface area contributed by atoms with Crippen molar-refractivity contribution in [2.24, 2.45) is 0 Å². The van der Waals surface area contributed by atoms with Gasteiger partial charge >= 0.3 is 0 Å². The summed E-state index contributed by atoms with van der Waals surface area (Å²) in [5.41, 5.74) is 0. The number of rotatable bonds is 1. The molecule has 4 heteroatoms. The Morgan fingerprint density at radius 3 is 3.08 bits per heavy atom. The van der Waals surface area contributed by atoms with Crippen molar-refractivity contribution in [3.05, 3.63) is 0 Å². The van der Waals surface area contributed by atoms with Crippen molar-refractivity contribution in [1.29, 1.82) is 0 Å². The van der Waals surface area contributed by atoms with Gasteiger partial charge in [-0.3, -0.25) is 9.59 Å². The lowest BCUT2D eigenvalue weighted by Gasteiger charge is -2.07. The third-order valence-corrected chi connectivity index (χ3v) is 2.78. The van der Waals surface area contributed by atoms with Gasteiger partial charge in [-0.2, -0.15) is 0 Å². The van der Waals surface area contributed by atoms with Crippen LogP contribution in [0.25, 0.3) is 0 Å². The van der Waals surface area contributed by atoms with E-state index >= 15 is 0 Å². The van der Waals surface area contributed by atoms with Crippen molar-refractivity contribution in [2.75, 3.05) is 13.2 Å². The van der Waals surface area contributed by atoms with Crippen molar-refractivity contribution in [3.63, 3.8) is 0 Å². The zero-order valence-corrected chi connectivity index (χ0v) is 7.86. The van der Waals surface area contributed by atoms with Gasteiger partial charge < -0.3 is 4.74 Å². The Morgan fingerprint density at radius 2 is 2.42 bits per heavy atom. The molecule has 0 bridgehead atoms. The molecule has 0 aromatic carbocycles. The van der Waals surface area contributed by atoms with Gasteiger partial charge in [0.15, 0.2) is 10.9 Å². The van der Waals surface area contributed by atoms with Crippen LogP contribution in [0.2, 0.25) is 0 Å². The lowest BCUT2D eigenvalue weighted by molar-refractivity contribution is -0.122. The second kappa shape index (κ2) is 4.62. The maximum absolute atomic E-state index is 11.3. The number of carbonyl (C=O) groups is 2. The van der Waals surface area contributed by atoms with E-state index in [0.29, 0.717) is 6.61 Å². The smallest absolute Gasteiger partial charge is 0.186 e. The van der Waals surface area contributed by atoms with Crippen LogP contribution < -0.4 is 0 Å². The molecule has 0 aromatic heterocycles. The Hall–Kier alpha value is -0.350. The first-order chi connectivity index (χ1) is 5.70. The van der Waals surface area contributed by atoms with Crippen LogP contribution >= 0.6 is 11.8 Å². The van der Waals surface area contributed by atoms with Crippen molar-refractivity contribution < 1.29 is 14.3 Å². The highest BCUT2D eigenvalue weighted by Crippen LogP contribution is 2.20. The molecule has 1 rings (SSSR count). The largest absolute Gasteiger partial charge is 0.374 e. The SMILES string of the molecule is CC(=O)SC1CCCOCC1=O. The summed E-state index contributed by atoms with van der Waals surface area (Å²) in [5, 5.41) is -0.153. The summed E-state index contributed by atoms with van der Waals surface area (Å²) in [4.78, 5) is 22.0. The van der Waals surface area contributed by atoms with Crippen LogP contribution in [0.1, 0.15) is 19.8 Å². The fourth-order valence-electron chi connectivity index (χ4n) is 1.12. The standard InChI is InChI=1S/C8H12O3S/c1-6(9)12-8-3-2-4-11-5-7(8)10/h8H,2-5H2,1H3. The van der Waals surface area contributed by atoms with Gasteiger partial charge in [0.05, 0.1) is 5.25 Å². The van der Waals surface area contributed by atoms with Crippen LogP contribution in [0.3, 0.4) is 0 Å². The van der Waals surface area contributed by atoms with E-state index in [4.69, 9.17) is 4.74 Å². The number of Topliss-reactive ketones (excluding diaryl/α,β-unsaturated/α-hetero) is 1. The molecular formula is C8H12O3S. The average Bonchev–Trinajstić information content (AvgIpc) is 2.16. The van der Waals surface area contributed by atoms with Crippen molar-refractivity contribution in [1.82, 2.24) is 0 Å². The first-order valence-electron chi connectivity index (χ1n) is 3.98. The molecule has 12 heavy (non-hydrogen) atoms. The molecule has 1 atom stereocenters. The second-order valence-electron chi connectivity index (χ2n) is 2.76. The van der Waals surface area contributed by atoms with Crippen LogP contribution in [0.15, 0.2) is 0 Å². The Labute approximate surface area is 75.8 Å². The van der Waals surface area contributed by atoms with E-state index in [1.165, 1.54) is 6.92 Å². The molecule has 1 aliphatic heterocycles. The van der Waals surface area contributed by atoms with Gasteiger partial charge in [-0.25, -0.2) is 0 Å². The third-order valence-electron chi connectivity index (χ3n) is 1.67. The summed E-state index contributed by atoms with van der Waals surface area (Å²) in [7, 11) is 0. The Balaban J connectivity index is 2.47. The molecule has 0 spiro atoms. The Bertz CT molecular complexity index is 191. The molecular weight excluding hydrogens is 176 g/mol. The topological polar surface area (TPSA) is 43.4 Å². The van der Waals surface area contributed by atoms with Gasteiger partial charge in [-0.05, 0) is 12.8 Å². The highest BCUT2D eigenvalue weighted by Gasteiger charge is 2.22. The van der Waals surface area contributed by atoms with E-state index in [1.807, 2.05) is 0 Å². The van der Waals surface area contributed by atoms with Crippen molar-refractivity contribution in [2.45, 2.75) is 25.0 Å². The fraction of sp³-hybridized carbons (Fsp3) is 0.750. The van der Waals surface area contributed by atoms with Gasteiger partial charge in [0.25, 0.3) is 0 Å². The number of thioether (sulfide) groups is 1. The lowest BCUT2D eigenvalue weighted by Crippen LogP contribution is -2.20. The van der Waals surface area contributed by atoms with Crippen molar-refractivity contribution >= 4 is 22.7 Å². The number of hydrogen-bond donors (Lipinski definition) is 0. The highest BCUT2D eigenvalue weighted by atomic mass is 32.2. The number of ether oxygens (including phenoxy) is 1. The molecule has 1 unspecified atom stereocenters. The maximum atomic E-state index is 11.3. The minimum Gasteiger partial charge on any atom is -0.374 e. The summed E-state index contributed by atoms with van der Waals surface area (Å²) in [6.07, 6.45) is 1.64. The molecule has 1 fully saturated rings.